The molecule has 0 N–H and O–H groups in total. The van der Waals surface area contributed by atoms with E-state index in [9.17, 15) is 13.2 Å². The van der Waals surface area contributed by atoms with Crippen molar-refractivity contribution in [2.45, 2.75) is 5.75 Å². The van der Waals surface area contributed by atoms with Crippen molar-refractivity contribution in [2.75, 3.05) is 26.5 Å². The number of hydrogen-bond donors (Lipinski definition) is 0. The second-order valence-electron chi connectivity index (χ2n) is 5.80. The molecule has 2 aromatic rings. The zero-order chi connectivity index (χ0) is 18.4. The minimum absolute atomic E-state index is 0.0355. The third-order valence-electron chi connectivity index (χ3n) is 3.49. The number of rotatable bonds is 7. The Labute approximate surface area is 153 Å². The normalized spacial score (nSPS) is 11.2. The van der Waals surface area contributed by atoms with Gasteiger partial charge in [0.2, 0.25) is 0 Å². The Bertz CT molecular complexity index is 817. The van der Waals surface area contributed by atoms with Crippen molar-refractivity contribution in [1.29, 1.82) is 0 Å². The van der Waals surface area contributed by atoms with Gasteiger partial charge < -0.3 is 9.64 Å². The van der Waals surface area contributed by atoms with Crippen LogP contribution in [0.4, 0.5) is 0 Å². The number of carbonyl (C=O) groups excluding carboxylic acids is 1. The quantitative estimate of drug-likeness (QED) is 0.739. The van der Waals surface area contributed by atoms with Gasteiger partial charge in [-0.1, -0.05) is 23.7 Å². The zero-order valence-electron chi connectivity index (χ0n) is 14.1. The summed E-state index contributed by atoms with van der Waals surface area (Å²) in [5, 5.41) is 0.638. The monoisotopic (exact) mass is 381 g/mol. The van der Waals surface area contributed by atoms with Gasteiger partial charge in [0.15, 0.2) is 9.84 Å². The number of benzene rings is 2. The Morgan fingerprint density at radius 2 is 1.68 bits per heavy atom. The minimum Gasteiger partial charge on any atom is -0.492 e. The van der Waals surface area contributed by atoms with Gasteiger partial charge in [0, 0.05) is 23.9 Å². The van der Waals surface area contributed by atoms with Gasteiger partial charge in [0.1, 0.15) is 12.4 Å². The Hall–Kier alpha value is -2.05. The Balaban J connectivity index is 1.87. The van der Waals surface area contributed by atoms with Crippen molar-refractivity contribution in [3.63, 3.8) is 0 Å². The van der Waals surface area contributed by atoms with E-state index in [4.69, 9.17) is 16.3 Å². The van der Waals surface area contributed by atoms with Gasteiger partial charge in [-0.05, 0) is 42.0 Å². The number of sulfone groups is 1. The van der Waals surface area contributed by atoms with Crippen molar-refractivity contribution in [2.24, 2.45) is 0 Å². The molecule has 7 heteroatoms. The fourth-order valence-electron chi connectivity index (χ4n) is 2.20. The van der Waals surface area contributed by atoms with Crippen LogP contribution in [-0.4, -0.2) is 45.7 Å². The van der Waals surface area contributed by atoms with Gasteiger partial charge in [-0.25, -0.2) is 8.42 Å². The molecule has 134 valence electrons. The average molecular weight is 382 g/mol. The van der Waals surface area contributed by atoms with Crippen LogP contribution in [0.15, 0.2) is 48.5 Å². The molecule has 0 aliphatic carbocycles. The number of amides is 1. The van der Waals surface area contributed by atoms with Crippen LogP contribution >= 0.6 is 11.6 Å². The van der Waals surface area contributed by atoms with Crippen LogP contribution in [0.25, 0.3) is 0 Å². The molecule has 0 bridgehead atoms. The van der Waals surface area contributed by atoms with Crippen LogP contribution < -0.4 is 4.74 Å². The number of likely N-dealkylation sites (N-methyl/N-ethyl adjacent to an activating group) is 1. The maximum Gasteiger partial charge on any atom is 0.253 e. The van der Waals surface area contributed by atoms with E-state index in [0.717, 1.165) is 0 Å². The summed E-state index contributed by atoms with van der Waals surface area (Å²) in [6.07, 6.45) is 1.18. The molecule has 0 unspecified atom stereocenters. The first-order valence-electron chi connectivity index (χ1n) is 7.65. The molecular formula is C18H20ClNO4S. The molecular weight excluding hydrogens is 362 g/mol. The molecule has 1 amide bonds. The highest BCUT2D eigenvalue weighted by molar-refractivity contribution is 7.89. The zero-order valence-corrected chi connectivity index (χ0v) is 15.7. The first-order valence-corrected chi connectivity index (χ1v) is 10.1. The number of halogens is 1. The van der Waals surface area contributed by atoms with Crippen LogP contribution in [0.3, 0.4) is 0 Å². The summed E-state index contributed by atoms with van der Waals surface area (Å²) >= 11 is 5.81. The van der Waals surface area contributed by atoms with Crippen LogP contribution in [0.5, 0.6) is 5.75 Å². The number of hydrogen-bond acceptors (Lipinski definition) is 4. The van der Waals surface area contributed by atoms with Crippen LogP contribution in [0.2, 0.25) is 5.02 Å². The first-order chi connectivity index (χ1) is 11.7. The summed E-state index contributed by atoms with van der Waals surface area (Å²) in [6.45, 7) is 0.780. The lowest BCUT2D eigenvalue weighted by Gasteiger charge is -2.17. The molecule has 2 aromatic carbocycles. The Kier molecular flexibility index (Phi) is 6.45. The molecule has 0 heterocycles. The molecule has 0 aliphatic rings. The SMILES string of the molecule is CN(CCOc1ccc(Cl)cc1)C(=O)c1ccc(CS(C)(=O)=O)cc1. The fourth-order valence-corrected chi connectivity index (χ4v) is 3.12. The molecule has 2 rings (SSSR count). The molecule has 0 saturated heterocycles. The highest BCUT2D eigenvalue weighted by atomic mass is 35.5. The molecule has 0 radical (unpaired) electrons. The van der Waals surface area contributed by atoms with Gasteiger partial charge in [-0.2, -0.15) is 0 Å². The van der Waals surface area contributed by atoms with E-state index in [-0.39, 0.29) is 11.7 Å². The topological polar surface area (TPSA) is 63.7 Å². The van der Waals surface area contributed by atoms with Gasteiger partial charge in [-0.3, -0.25) is 4.79 Å². The molecule has 0 aromatic heterocycles. The highest BCUT2D eigenvalue weighted by Crippen LogP contribution is 2.15. The van der Waals surface area contributed by atoms with Gasteiger partial charge in [0.05, 0.1) is 12.3 Å². The predicted octanol–water partition coefficient (Wildman–Crippen LogP) is 3.04. The predicted molar refractivity (Wildman–Crippen MR) is 98.9 cm³/mol. The van der Waals surface area contributed by atoms with Crippen LogP contribution in [0, 0.1) is 0 Å². The molecule has 25 heavy (non-hydrogen) atoms. The summed E-state index contributed by atoms with van der Waals surface area (Å²) in [6, 6.07) is 13.6. The number of ether oxygens (including phenoxy) is 1. The van der Waals surface area contributed by atoms with Crippen molar-refractivity contribution in [3.8, 4) is 5.75 Å². The van der Waals surface area contributed by atoms with E-state index in [2.05, 4.69) is 0 Å². The van der Waals surface area contributed by atoms with Gasteiger partial charge >= 0.3 is 0 Å². The van der Waals surface area contributed by atoms with Gasteiger partial charge in [0.25, 0.3) is 5.91 Å². The van der Waals surface area contributed by atoms with E-state index in [1.54, 1.807) is 60.5 Å². The standard InChI is InChI=1S/C18H20ClNO4S/c1-20(11-12-24-17-9-7-16(19)8-10-17)18(21)15-5-3-14(4-6-15)13-25(2,22)23/h3-10H,11-13H2,1-2H3. The third-order valence-corrected chi connectivity index (χ3v) is 4.60. The molecule has 0 spiro atoms. The third kappa shape index (κ3) is 6.40. The lowest BCUT2D eigenvalue weighted by molar-refractivity contribution is 0.0774. The summed E-state index contributed by atoms with van der Waals surface area (Å²) in [5.41, 5.74) is 1.17. The lowest BCUT2D eigenvalue weighted by atomic mass is 10.1. The Morgan fingerprint density at radius 1 is 1.08 bits per heavy atom. The summed E-state index contributed by atoms with van der Waals surface area (Å²) in [7, 11) is -1.40. The highest BCUT2D eigenvalue weighted by Gasteiger charge is 2.12. The summed E-state index contributed by atoms with van der Waals surface area (Å²) in [5.74, 6) is 0.507. The summed E-state index contributed by atoms with van der Waals surface area (Å²) in [4.78, 5) is 13.9. The largest absolute Gasteiger partial charge is 0.492 e. The molecule has 0 aliphatic heterocycles. The Morgan fingerprint density at radius 3 is 2.24 bits per heavy atom. The maximum absolute atomic E-state index is 12.4. The second kappa shape index (κ2) is 8.36. The fraction of sp³-hybridized carbons (Fsp3) is 0.278. The smallest absolute Gasteiger partial charge is 0.253 e. The lowest BCUT2D eigenvalue weighted by Crippen LogP contribution is -2.30. The first kappa shape index (κ1) is 19.3. The van der Waals surface area contributed by atoms with Crippen LogP contribution in [-0.2, 0) is 15.6 Å². The molecule has 0 saturated carbocycles. The van der Waals surface area contributed by atoms with E-state index < -0.39 is 9.84 Å². The van der Waals surface area contributed by atoms with Crippen molar-refractivity contribution in [1.82, 2.24) is 4.90 Å². The van der Waals surface area contributed by atoms with Crippen LogP contribution in [0.1, 0.15) is 15.9 Å². The molecule has 5 nitrogen and oxygen atoms in total. The molecule has 0 atom stereocenters. The van der Waals surface area contributed by atoms with E-state index in [0.29, 0.717) is 35.1 Å². The van der Waals surface area contributed by atoms with Crippen molar-refractivity contribution < 1.29 is 17.9 Å². The van der Waals surface area contributed by atoms with E-state index in [1.165, 1.54) is 6.26 Å². The minimum atomic E-state index is -3.09. The number of nitrogens with zero attached hydrogens (tertiary/aromatic N) is 1. The van der Waals surface area contributed by atoms with Crippen molar-refractivity contribution >= 4 is 27.3 Å². The number of carbonyl (C=O) groups is 1. The molecule has 0 fully saturated rings. The maximum atomic E-state index is 12.4. The van der Waals surface area contributed by atoms with Gasteiger partial charge in [-0.15, -0.1) is 0 Å². The second-order valence-corrected chi connectivity index (χ2v) is 8.37. The van der Waals surface area contributed by atoms with Crippen molar-refractivity contribution in [3.05, 3.63) is 64.7 Å². The average Bonchev–Trinajstić information content (AvgIpc) is 2.55. The van der Waals surface area contributed by atoms with E-state index >= 15 is 0 Å². The summed E-state index contributed by atoms with van der Waals surface area (Å²) < 4.78 is 28.1. The van der Waals surface area contributed by atoms with E-state index in [1.807, 2.05) is 0 Å².